The van der Waals surface area contributed by atoms with E-state index < -0.39 is 0 Å². The van der Waals surface area contributed by atoms with E-state index in [4.69, 9.17) is 0 Å². The third-order valence-electron chi connectivity index (χ3n) is 5.00. The Morgan fingerprint density at radius 3 is 2.63 bits per heavy atom. The average molecular weight is 265 g/mol. The Morgan fingerprint density at radius 1 is 1.42 bits per heavy atom. The SMILES string of the molecule is CCNC1(C#N)CCCC1CCN(C)C(C)C(C)C. The highest BCUT2D eigenvalue weighted by Gasteiger charge is 2.42. The quantitative estimate of drug-likeness (QED) is 0.769. The van der Waals surface area contributed by atoms with Crippen LogP contribution in [0.3, 0.4) is 0 Å². The lowest BCUT2D eigenvalue weighted by Crippen LogP contribution is -2.48. The van der Waals surface area contributed by atoms with E-state index in [9.17, 15) is 5.26 Å². The molecule has 0 amide bonds. The van der Waals surface area contributed by atoms with Crippen molar-refractivity contribution in [1.82, 2.24) is 10.2 Å². The van der Waals surface area contributed by atoms with Crippen LogP contribution in [0.4, 0.5) is 0 Å². The van der Waals surface area contributed by atoms with E-state index in [0.717, 1.165) is 25.9 Å². The van der Waals surface area contributed by atoms with Crippen LogP contribution in [0.1, 0.15) is 53.4 Å². The van der Waals surface area contributed by atoms with Crippen molar-refractivity contribution in [3.05, 3.63) is 0 Å². The second kappa shape index (κ2) is 7.26. The molecule has 1 rings (SSSR count). The number of hydrogen-bond donors (Lipinski definition) is 1. The highest BCUT2D eigenvalue weighted by atomic mass is 15.1. The van der Waals surface area contributed by atoms with E-state index in [1.165, 1.54) is 12.8 Å². The highest BCUT2D eigenvalue weighted by molar-refractivity contribution is 5.14. The summed E-state index contributed by atoms with van der Waals surface area (Å²) in [7, 11) is 2.21. The van der Waals surface area contributed by atoms with E-state index in [-0.39, 0.29) is 5.54 Å². The van der Waals surface area contributed by atoms with Crippen LogP contribution < -0.4 is 5.32 Å². The molecular formula is C16H31N3. The predicted molar refractivity (Wildman–Crippen MR) is 80.9 cm³/mol. The molecule has 19 heavy (non-hydrogen) atoms. The topological polar surface area (TPSA) is 39.1 Å². The number of hydrogen-bond acceptors (Lipinski definition) is 3. The molecule has 0 radical (unpaired) electrons. The molecule has 0 saturated heterocycles. The summed E-state index contributed by atoms with van der Waals surface area (Å²) in [5.41, 5.74) is -0.253. The zero-order valence-electron chi connectivity index (χ0n) is 13.4. The largest absolute Gasteiger partial charge is 0.303 e. The summed E-state index contributed by atoms with van der Waals surface area (Å²) in [6, 6.07) is 3.18. The first-order chi connectivity index (χ1) is 8.96. The molecule has 3 unspecified atom stereocenters. The fraction of sp³-hybridized carbons (Fsp3) is 0.938. The third-order valence-corrected chi connectivity index (χ3v) is 5.00. The summed E-state index contributed by atoms with van der Waals surface area (Å²) in [5, 5.41) is 13.0. The first kappa shape index (κ1) is 16.5. The fourth-order valence-electron chi connectivity index (χ4n) is 3.28. The molecule has 1 aliphatic rings. The second-order valence-corrected chi connectivity index (χ2v) is 6.46. The Balaban J connectivity index is 2.54. The minimum absolute atomic E-state index is 0.253. The summed E-state index contributed by atoms with van der Waals surface area (Å²) in [6.07, 6.45) is 4.54. The summed E-state index contributed by atoms with van der Waals surface area (Å²) in [5.74, 6) is 1.20. The molecule has 110 valence electrons. The van der Waals surface area contributed by atoms with Crippen LogP contribution in [0.5, 0.6) is 0 Å². The van der Waals surface area contributed by atoms with Gasteiger partial charge in [0.15, 0.2) is 0 Å². The van der Waals surface area contributed by atoms with Gasteiger partial charge in [-0.15, -0.1) is 0 Å². The zero-order chi connectivity index (χ0) is 14.5. The number of rotatable bonds is 7. The van der Waals surface area contributed by atoms with Crippen LogP contribution in [0.2, 0.25) is 0 Å². The van der Waals surface area contributed by atoms with Gasteiger partial charge in [0.2, 0.25) is 0 Å². The lowest BCUT2D eigenvalue weighted by Gasteiger charge is -2.33. The Labute approximate surface area is 119 Å². The number of nitrogens with one attached hydrogen (secondary N) is 1. The molecule has 0 heterocycles. The molecule has 3 atom stereocenters. The Hall–Kier alpha value is -0.590. The van der Waals surface area contributed by atoms with Gasteiger partial charge in [0.1, 0.15) is 5.54 Å². The van der Waals surface area contributed by atoms with Crippen LogP contribution in [-0.2, 0) is 0 Å². The van der Waals surface area contributed by atoms with Gasteiger partial charge in [-0.1, -0.05) is 27.2 Å². The van der Waals surface area contributed by atoms with E-state index in [1.807, 2.05) is 0 Å². The van der Waals surface area contributed by atoms with Crippen molar-refractivity contribution < 1.29 is 0 Å². The van der Waals surface area contributed by atoms with E-state index in [0.29, 0.717) is 17.9 Å². The molecule has 3 heteroatoms. The van der Waals surface area contributed by atoms with E-state index >= 15 is 0 Å². The minimum Gasteiger partial charge on any atom is -0.303 e. The highest BCUT2D eigenvalue weighted by Crippen LogP contribution is 2.37. The van der Waals surface area contributed by atoms with Crippen LogP contribution in [0.15, 0.2) is 0 Å². The number of nitriles is 1. The summed E-state index contributed by atoms with van der Waals surface area (Å²) < 4.78 is 0. The molecule has 3 nitrogen and oxygen atoms in total. The zero-order valence-corrected chi connectivity index (χ0v) is 13.4. The molecule has 0 aromatic rings. The molecule has 1 fully saturated rings. The summed E-state index contributed by atoms with van der Waals surface area (Å²) in [6.45, 7) is 10.9. The fourth-order valence-corrected chi connectivity index (χ4v) is 3.28. The lowest BCUT2D eigenvalue weighted by molar-refractivity contribution is 0.182. The van der Waals surface area contributed by atoms with Crippen molar-refractivity contribution in [1.29, 1.82) is 5.26 Å². The van der Waals surface area contributed by atoms with Gasteiger partial charge in [0.05, 0.1) is 6.07 Å². The number of nitrogens with zero attached hydrogens (tertiary/aromatic N) is 2. The first-order valence-electron chi connectivity index (χ1n) is 7.83. The average Bonchev–Trinajstić information content (AvgIpc) is 2.78. The Bertz CT molecular complexity index is 308. The van der Waals surface area contributed by atoms with E-state index in [1.54, 1.807) is 0 Å². The van der Waals surface area contributed by atoms with Gasteiger partial charge in [-0.25, -0.2) is 0 Å². The summed E-state index contributed by atoms with van der Waals surface area (Å²) >= 11 is 0. The smallest absolute Gasteiger partial charge is 0.109 e. The molecule has 1 saturated carbocycles. The van der Waals surface area contributed by atoms with Crippen molar-refractivity contribution in [2.75, 3.05) is 20.1 Å². The maximum Gasteiger partial charge on any atom is 0.109 e. The monoisotopic (exact) mass is 265 g/mol. The van der Waals surface area contributed by atoms with Crippen LogP contribution in [0, 0.1) is 23.2 Å². The molecule has 1 N–H and O–H groups in total. The molecule has 0 spiro atoms. The molecular weight excluding hydrogens is 234 g/mol. The molecule has 1 aliphatic carbocycles. The predicted octanol–water partition coefficient (Wildman–Crippen LogP) is 3.02. The van der Waals surface area contributed by atoms with Crippen LogP contribution in [0.25, 0.3) is 0 Å². The Kier molecular flexibility index (Phi) is 6.29. The molecule has 0 aromatic carbocycles. The van der Waals surface area contributed by atoms with Crippen LogP contribution >= 0.6 is 0 Å². The van der Waals surface area contributed by atoms with Crippen LogP contribution in [-0.4, -0.2) is 36.6 Å². The third kappa shape index (κ3) is 3.94. The maximum atomic E-state index is 9.55. The first-order valence-corrected chi connectivity index (χ1v) is 7.83. The van der Waals surface area contributed by atoms with Gasteiger partial charge in [-0.2, -0.15) is 5.26 Å². The summed E-state index contributed by atoms with van der Waals surface area (Å²) in [4.78, 5) is 2.44. The van der Waals surface area contributed by atoms with Gasteiger partial charge in [0.25, 0.3) is 0 Å². The van der Waals surface area contributed by atoms with Crippen molar-refractivity contribution in [2.24, 2.45) is 11.8 Å². The lowest BCUT2D eigenvalue weighted by atomic mass is 9.85. The Morgan fingerprint density at radius 2 is 2.11 bits per heavy atom. The van der Waals surface area contributed by atoms with Crippen molar-refractivity contribution in [3.63, 3.8) is 0 Å². The van der Waals surface area contributed by atoms with Gasteiger partial charge < -0.3 is 4.90 Å². The van der Waals surface area contributed by atoms with Crippen molar-refractivity contribution in [2.45, 2.75) is 65.0 Å². The minimum atomic E-state index is -0.253. The van der Waals surface area contributed by atoms with Gasteiger partial charge in [-0.3, -0.25) is 5.32 Å². The normalized spacial score (nSPS) is 28.8. The van der Waals surface area contributed by atoms with Crippen molar-refractivity contribution in [3.8, 4) is 6.07 Å². The molecule has 0 aliphatic heterocycles. The maximum absolute atomic E-state index is 9.55. The van der Waals surface area contributed by atoms with Gasteiger partial charge in [0, 0.05) is 6.04 Å². The van der Waals surface area contributed by atoms with E-state index in [2.05, 4.69) is 51.0 Å². The standard InChI is InChI=1S/C16H31N3/c1-6-18-16(12-17)10-7-8-15(16)9-11-19(5)14(4)13(2)3/h13-15,18H,6-11H2,1-5H3. The van der Waals surface area contributed by atoms with Gasteiger partial charge >= 0.3 is 0 Å². The second-order valence-electron chi connectivity index (χ2n) is 6.46. The molecule has 0 aromatic heterocycles. The molecule has 0 bridgehead atoms. The van der Waals surface area contributed by atoms with Gasteiger partial charge in [-0.05, 0) is 58.2 Å². The van der Waals surface area contributed by atoms with Crippen molar-refractivity contribution >= 4 is 0 Å².